The van der Waals surface area contributed by atoms with Crippen LogP contribution in [-0.2, 0) is 19.4 Å². The number of hydrogen-bond acceptors (Lipinski definition) is 5. The van der Waals surface area contributed by atoms with Crippen molar-refractivity contribution in [3.05, 3.63) is 41.5 Å². The minimum absolute atomic E-state index is 0.323. The van der Waals surface area contributed by atoms with Gasteiger partial charge < -0.3 is 15.0 Å². The number of aryl methyl sites for hydroxylation is 1. The molecule has 0 aliphatic rings. The summed E-state index contributed by atoms with van der Waals surface area (Å²) in [4.78, 5) is 4.24. The number of nitrogens with two attached hydrogens (primary N) is 1. The lowest BCUT2D eigenvalue weighted by Crippen LogP contribution is -2.02. The third kappa shape index (κ3) is 4.06. The average molecular weight is 261 g/mol. The topological polar surface area (TPSA) is 74.2 Å². The van der Waals surface area contributed by atoms with Crippen LogP contribution in [0.3, 0.4) is 0 Å². The molecular formula is C14H19N3O2. The van der Waals surface area contributed by atoms with Crippen LogP contribution in [0.4, 0.5) is 0 Å². The molecule has 0 unspecified atom stereocenters. The van der Waals surface area contributed by atoms with E-state index in [1.165, 1.54) is 5.56 Å². The van der Waals surface area contributed by atoms with Crippen LogP contribution >= 0.6 is 0 Å². The third-order valence-electron chi connectivity index (χ3n) is 2.70. The lowest BCUT2D eigenvalue weighted by atomic mass is 10.1. The number of hydrogen-bond donors (Lipinski definition) is 1. The van der Waals surface area contributed by atoms with Crippen molar-refractivity contribution in [1.82, 2.24) is 10.1 Å². The van der Waals surface area contributed by atoms with Gasteiger partial charge >= 0.3 is 0 Å². The largest absolute Gasteiger partial charge is 0.485 e. The fourth-order valence-corrected chi connectivity index (χ4v) is 1.73. The summed E-state index contributed by atoms with van der Waals surface area (Å²) < 4.78 is 10.7. The molecule has 0 amide bonds. The van der Waals surface area contributed by atoms with Gasteiger partial charge in [-0.2, -0.15) is 4.98 Å². The van der Waals surface area contributed by atoms with Crippen molar-refractivity contribution in [1.29, 1.82) is 0 Å². The lowest BCUT2D eigenvalue weighted by molar-refractivity contribution is 0.285. The molecule has 0 aliphatic carbocycles. The molecule has 2 aromatic rings. The van der Waals surface area contributed by atoms with Crippen molar-refractivity contribution in [2.75, 3.05) is 6.54 Å². The summed E-state index contributed by atoms with van der Waals surface area (Å²) in [5.41, 5.74) is 6.71. The minimum atomic E-state index is 0.323. The van der Waals surface area contributed by atoms with Crippen LogP contribution in [0.25, 0.3) is 0 Å². The highest BCUT2D eigenvalue weighted by Gasteiger charge is 2.05. The monoisotopic (exact) mass is 261 g/mol. The van der Waals surface area contributed by atoms with E-state index in [1.807, 2.05) is 24.3 Å². The Labute approximate surface area is 112 Å². The maximum Gasteiger partial charge on any atom is 0.226 e. The van der Waals surface area contributed by atoms with Crippen molar-refractivity contribution < 1.29 is 9.26 Å². The molecule has 0 radical (unpaired) electrons. The zero-order valence-electron chi connectivity index (χ0n) is 11.1. The van der Waals surface area contributed by atoms with Gasteiger partial charge in [-0.05, 0) is 37.1 Å². The smallest absolute Gasteiger partial charge is 0.226 e. The predicted molar refractivity (Wildman–Crippen MR) is 71.8 cm³/mol. The first kappa shape index (κ1) is 13.5. The van der Waals surface area contributed by atoms with Crippen molar-refractivity contribution >= 4 is 0 Å². The van der Waals surface area contributed by atoms with E-state index in [4.69, 9.17) is 15.0 Å². The van der Waals surface area contributed by atoms with Crippen molar-refractivity contribution in [2.24, 2.45) is 5.73 Å². The molecule has 0 atom stereocenters. The molecule has 2 rings (SSSR count). The number of nitrogens with zero attached hydrogens (tertiary/aromatic N) is 2. The highest BCUT2D eigenvalue weighted by molar-refractivity contribution is 5.27. The van der Waals surface area contributed by atoms with Gasteiger partial charge in [0.25, 0.3) is 0 Å². The third-order valence-corrected chi connectivity index (χ3v) is 2.70. The first-order valence-corrected chi connectivity index (χ1v) is 6.55. The number of rotatable bonds is 7. The zero-order chi connectivity index (χ0) is 13.5. The van der Waals surface area contributed by atoms with E-state index in [2.05, 4.69) is 17.1 Å². The molecule has 19 heavy (non-hydrogen) atoms. The van der Waals surface area contributed by atoms with Gasteiger partial charge in [0.15, 0.2) is 6.61 Å². The molecule has 0 bridgehead atoms. The maximum atomic E-state index is 5.60. The molecule has 0 spiro atoms. The summed E-state index contributed by atoms with van der Waals surface area (Å²) in [5.74, 6) is 2.04. The Kier molecular flexibility index (Phi) is 4.92. The van der Waals surface area contributed by atoms with Crippen LogP contribution in [0.1, 0.15) is 30.6 Å². The van der Waals surface area contributed by atoms with Gasteiger partial charge in [0, 0.05) is 6.42 Å². The summed E-state index contributed by atoms with van der Waals surface area (Å²) >= 11 is 0. The molecule has 2 N–H and O–H groups in total. The second-order valence-electron chi connectivity index (χ2n) is 4.33. The van der Waals surface area contributed by atoms with Crippen LogP contribution in [0.15, 0.2) is 28.8 Å². The number of aromatic nitrogens is 2. The summed E-state index contributed by atoms with van der Waals surface area (Å²) in [6.07, 6.45) is 2.68. The van der Waals surface area contributed by atoms with Crippen LogP contribution < -0.4 is 10.5 Å². The molecule has 102 valence electrons. The fraction of sp³-hybridized carbons (Fsp3) is 0.429. The van der Waals surface area contributed by atoms with E-state index in [0.29, 0.717) is 24.9 Å². The van der Waals surface area contributed by atoms with Gasteiger partial charge in [0.05, 0.1) is 0 Å². The lowest BCUT2D eigenvalue weighted by Gasteiger charge is -2.04. The Bertz CT molecular complexity index is 494. The van der Waals surface area contributed by atoms with Crippen LogP contribution in [0.2, 0.25) is 0 Å². The molecular weight excluding hydrogens is 242 g/mol. The predicted octanol–water partition coefficient (Wildman–Crippen LogP) is 2.10. The van der Waals surface area contributed by atoms with E-state index in [1.54, 1.807) is 0 Å². The highest BCUT2D eigenvalue weighted by atomic mass is 16.5. The fourth-order valence-electron chi connectivity index (χ4n) is 1.73. The van der Waals surface area contributed by atoms with Gasteiger partial charge in [-0.25, -0.2) is 0 Å². The molecule has 1 aromatic carbocycles. The highest BCUT2D eigenvalue weighted by Crippen LogP contribution is 2.14. The quantitative estimate of drug-likeness (QED) is 0.826. The van der Waals surface area contributed by atoms with Gasteiger partial charge in [0.2, 0.25) is 11.7 Å². The van der Waals surface area contributed by atoms with Crippen molar-refractivity contribution in [2.45, 2.75) is 32.8 Å². The van der Waals surface area contributed by atoms with E-state index in [-0.39, 0.29) is 0 Å². The molecule has 1 heterocycles. The molecule has 1 aromatic heterocycles. The van der Waals surface area contributed by atoms with E-state index in [9.17, 15) is 0 Å². The van der Waals surface area contributed by atoms with E-state index in [0.717, 1.165) is 25.0 Å². The first-order valence-electron chi connectivity index (χ1n) is 6.55. The summed E-state index contributed by atoms with van der Waals surface area (Å²) in [6.45, 7) is 3.05. The summed E-state index contributed by atoms with van der Waals surface area (Å²) in [6, 6.07) is 7.89. The van der Waals surface area contributed by atoms with E-state index < -0.39 is 0 Å². The van der Waals surface area contributed by atoms with Gasteiger partial charge in [-0.1, -0.05) is 24.2 Å². The summed E-state index contributed by atoms with van der Waals surface area (Å²) in [5, 5.41) is 3.87. The maximum absolute atomic E-state index is 5.60. The standard InChI is InChI=1S/C14H19N3O2/c1-2-3-14-16-13(17-19-14)10-18-12-6-4-11(5-7-12)8-9-15/h4-7H,2-3,8-10,15H2,1H3. The van der Waals surface area contributed by atoms with Gasteiger partial charge in [-0.15, -0.1) is 0 Å². The van der Waals surface area contributed by atoms with Crippen LogP contribution in [-0.4, -0.2) is 16.7 Å². The van der Waals surface area contributed by atoms with E-state index >= 15 is 0 Å². The normalized spacial score (nSPS) is 10.6. The molecule has 5 heteroatoms. The Morgan fingerprint density at radius 2 is 2.00 bits per heavy atom. The minimum Gasteiger partial charge on any atom is -0.485 e. The van der Waals surface area contributed by atoms with Gasteiger partial charge in [-0.3, -0.25) is 0 Å². The van der Waals surface area contributed by atoms with Crippen molar-refractivity contribution in [3.63, 3.8) is 0 Å². The molecule has 0 aliphatic heterocycles. The molecule has 5 nitrogen and oxygen atoms in total. The molecule has 0 saturated heterocycles. The SMILES string of the molecule is CCCc1nc(COc2ccc(CCN)cc2)no1. The Hall–Kier alpha value is -1.88. The van der Waals surface area contributed by atoms with Crippen LogP contribution in [0, 0.1) is 0 Å². The zero-order valence-corrected chi connectivity index (χ0v) is 11.1. The first-order chi connectivity index (χ1) is 9.31. The van der Waals surface area contributed by atoms with Crippen molar-refractivity contribution in [3.8, 4) is 5.75 Å². The Morgan fingerprint density at radius 3 is 2.68 bits per heavy atom. The number of benzene rings is 1. The average Bonchev–Trinajstić information content (AvgIpc) is 2.87. The molecule has 0 fully saturated rings. The second-order valence-corrected chi connectivity index (χ2v) is 4.33. The second kappa shape index (κ2) is 6.89. The Morgan fingerprint density at radius 1 is 1.21 bits per heavy atom. The van der Waals surface area contributed by atoms with Crippen LogP contribution in [0.5, 0.6) is 5.75 Å². The Balaban J connectivity index is 1.86. The number of ether oxygens (including phenoxy) is 1. The molecule has 0 saturated carbocycles. The van der Waals surface area contributed by atoms with Gasteiger partial charge in [0.1, 0.15) is 5.75 Å². The summed E-state index contributed by atoms with van der Waals surface area (Å²) in [7, 11) is 0.